The normalized spacial score (nSPS) is 16.9. The van der Waals surface area contributed by atoms with Crippen LogP contribution in [-0.2, 0) is 9.59 Å². The number of ether oxygens (including phenoxy) is 1. The highest BCUT2D eigenvalue weighted by molar-refractivity contribution is 5.82. The minimum Gasteiger partial charge on any atom is -0.481 e. The number of likely N-dealkylation sites (tertiary alicyclic amines) is 1. The maximum atomic E-state index is 12.4. The highest BCUT2D eigenvalue weighted by atomic mass is 19.4. The first-order chi connectivity index (χ1) is 12.6. The van der Waals surface area contributed by atoms with Crippen molar-refractivity contribution in [3.63, 3.8) is 0 Å². The van der Waals surface area contributed by atoms with Crippen molar-refractivity contribution >= 4 is 11.8 Å². The zero-order valence-corrected chi connectivity index (χ0v) is 15.7. The fraction of sp³-hybridized carbons (Fsp3) is 0.579. The van der Waals surface area contributed by atoms with E-state index in [1.165, 1.54) is 5.56 Å². The molecule has 0 aliphatic carbocycles. The summed E-state index contributed by atoms with van der Waals surface area (Å²) in [5.74, 6) is -1.18. The highest BCUT2D eigenvalue weighted by Crippen LogP contribution is 2.22. The van der Waals surface area contributed by atoms with Crippen molar-refractivity contribution in [1.82, 2.24) is 10.2 Å². The van der Waals surface area contributed by atoms with E-state index >= 15 is 0 Å². The number of amides is 2. The minimum absolute atomic E-state index is 0.0325. The summed E-state index contributed by atoms with van der Waals surface area (Å²) in [5, 5.41) is 2.78. The van der Waals surface area contributed by atoms with Crippen LogP contribution < -0.4 is 10.1 Å². The lowest BCUT2D eigenvalue weighted by Crippen LogP contribution is -2.51. The van der Waals surface area contributed by atoms with Gasteiger partial charge in [-0.25, -0.2) is 0 Å². The van der Waals surface area contributed by atoms with E-state index in [0.29, 0.717) is 11.7 Å². The van der Waals surface area contributed by atoms with Gasteiger partial charge in [-0.2, -0.15) is 13.2 Å². The Bertz CT molecular complexity index is 651. The average Bonchev–Trinajstić information content (AvgIpc) is 2.61. The Morgan fingerprint density at radius 1 is 1.11 bits per heavy atom. The number of piperidine rings is 1. The molecule has 0 bridgehead atoms. The maximum absolute atomic E-state index is 12.4. The Hall–Kier alpha value is -2.25. The number of benzene rings is 1. The molecule has 1 aliphatic heterocycles. The molecule has 1 aliphatic rings. The van der Waals surface area contributed by atoms with E-state index in [9.17, 15) is 22.8 Å². The van der Waals surface area contributed by atoms with Gasteiger partial charge in [0.2, 0.25) is 0 Å². The van der Waals surface area contributed by atoms with Gasteiger partial charge in [-0.05, 0) is 43.4 Å². The van der Waals surface area contributed by atoms with E-state index in [-0.39, 0.29) is 37.9 Å². The van der Waals surface area contributed by atoms with Gasteiger partial charge in [-0.1, -0.05) is 26.0 Å². The van der Waals surface area contributed by atoms with E-state index < -0.39 is 18.2 Å². The third-order valence-corrected chi connectivity index (χ3v) is 4.60. The highest BCUT2D eigenvalue weighted by Gasteiger charge is 2.43. The second kappa shape index (κ2) is 8.63. The van der Waals surface area contributed by atoms with Crippen molar-refractivity contribution in [2.45, 2.75) is 57.9 Å². The smallest absolute Gasteiger partial charge is 0.471 e. The third-order valence-electron chi connectivity index (χ3n) is 4.60. The predicted octanol–water partition coefficient (Wildman–Crippen LogP) is 3.25. The fourth-order valence-electron chi connectivity index (χ4n) is 2.91. The number of nitrogens with zero attached hydrogens (tertiary/aromatic N) is 1. The van der Waals surface area contributed by atoms with Crippen LogP contribution in [0.4, 0.5) is 13.2 Å². The van der Waals surface area contributed by atoms with Crippen LogP contribution in [0.15, 0.2) is 24.3 Å². The molecule has 2 amide bonds. The first-order valence-electron chi connectivity index (χ1n) is 9.01. The van der Waals surface area contributed by atoms with Crippen LogP contribution in [0, 0.1) is 0 Å². The molecule has 0 aromatic heterocycles. The molecular weight excluding hydrogens is 361 g/mol. The number of rotatable bonds is 5. The summed E-state index contributed by atoms with van der Waals surface area (Å²) < 4.78 is 43.0. The lowest BCUT2D eigenvalue weighted by Gasteiger charge is -2.33. The van der Waals surface area contributed by atoms with Crippen LogP contribution in [0.2, 0.25) is 0 Å². The standard InChI is InChI=1S/C19H25F3N2O3/c1-12(2)14-4-6-16(7-5-14)27-13(3)17(25)23-15-8-10-24(11-9-15)18(26)19(20,21)22/h4-7,12-13,15H,8-11H2,1-3H3,(H,23,25). The zero-order valence-electron chi connectivity index (χ0n) is 15.7. The van der Waals surface area contributed by atoms with Gasteiger partial charge >= 0.3 is 12.1 Å². The Morgan fingerprint density at radius 2 is 1.67 bits per heavy atom. The summed E-state index contributed by atoms with van der Waals surface area (Å²) in [5.41, 5.74) is 1.17. The van der Waals surface area contributed by atoms with Gasteiger partial charge in [0, 0.05) is 19.1 Å². The van der Waals surface area contributed by atoms with Crippen molar-refractivity contribution in [3.8, 4) is 5.75 Å². The molecule has 0 radical (unpaired) electrons. The van der Waals surface area contributed by atoms with Gasteiger partial charge in [0.15, 0.2) is 6.10 Å². The Kier molecular flexibility index (Phi) is 6.73. The lowest BCUT2D eigenvalue weighted by atomic mass is 10.0. The topological polar surface area (TPSA) is 58.6 Å². The first kappa shape index (κ1) is 21.1. The second-order valence-corrected chi connectivity index (χ2v) is 7.06. The molecule has 2 rings (SSSR count). The number of carbonyl (C=O) groups is 2. The Morgan fingerprint density at radius 3 is 2.15 bits per heavy atom. The van der Waals surface area contributed by atoms with Gasteiger partial charge in [0.25, 0.3) is 5.91 Å². The molecule has 1 heterocycles. The number of hydrogen-bond acceptors (Lipinski definition) is 3. The molecule has 1 fully saturated rings. The summed E-state index contributed by atoms with van der Waals surface area (Å²) >= 11 is 0. The SMILES string of the molecule is CC(Oc1ccc(C(C)C)cc1)C(=O)NC1CCN(C(=O)C(F)(F)F)CC1. The quantitative estimate of drug-likeness (QED) is 0.845. The van der Waals surface area contributed by atoms with Crippen LogP contribution in [0.3, 0.4) is 0 Å². The molecule has 1 unspecified atom stereocenters. The van der Waals surface area contributed by atoms with E-state index in [0.717, 1.165) is 4.90 Å². The van der Waals surface area contributed by atoms with Crippen molar-refractivity contribution in [1.29, 1.82) is 0 Å². The van der Waals surface area contributed by atoms with Crippen LogP contribution in [0.25, 0.3) is 0 Å². The van der Waals surface area contributed by atoms with Crippen LogP contribution in [0.1, 0.15) is 45.1 Å². The third kappa shape index (κ3) is 5.87. The van der Waals surface area contributed by atoms with Crippen molar-refractivity contribution in [2.75, 3.05) is 13.1 Å². The fourth-order valence-corrected chi connectivity index (χ4v) is 2.91. The summed E-state index contributed by atoms with van der Waals surface area (Å²) in [7, 11) is 0. The number of halogens is 3. The summed E-state index contributed by atoms with van der Waals surface area (Å²) in [6.07, 6.45) is -5.03. The number of carbonyl (C=O) groups excluding carboxylic acids is 2. The van der Waals surface area contributed by atoms with Gasteiger partial charge in [0.1, 0.15) is 5.75 Å². The maximum Gasteiger partial charge on any atom is 0.471 e. The second-order valence-electron chi connectivity index (χ2n) is 7.06. The van der Waals surface area contributed by atoms with Crippen LogP contribution in [0.5, 0.6) is 5.75 Å². The van der Waals surface area contributed by atoms with E-state index in [4.69, 9.17) is 4.74 Å². The predicted molar refractivity (Wildman–Crippen MR) is 94.4 cm³/mol. The molecule has 27 heavy (non-hydrogen) atoms. The molecular formula is C19H25F3N2O3. The summed E-state index contributed by atoms with van der Waals surface area (Å²) in [4.78, 5) is 24.3. The van der Waals surface area contributed by atoms with Crippen molar-refractivity contribution in [3.05, 3.63) is 29.8 Å². The molecule has 1 aromatic rings. The largest absolute Gasteiger partial charge is 0.481 e. The van der Waals surface area contributed by atoms with Gasteiger partial charge < -0.3 is 15.0 Å². The van der Waals surface area contributed by atoms with E-state index in [2.05, 4.69) is 19.2 Å². The molecule has 1 N–H and O–H groups in total. The summed E-state index contributed by atoms with van der Waals surface area (Å²) in [6, 6.07) is 7.22. The average molecular weight is 386 g/mol. The number of nitrogens with one attached hydrogen (secondary N) is 1. The molecule has 1 saturated heterocycles. The summed E-state index contributed by atoms with van der Waals surface area (Å²) in [6.45, 7) is 5.72. The minimum atomic E-state index is -4.86. The lowest BCUT2D eigenvalue weighted by molar-refractivity contribution is -0.186. The molecule has 150 valence electrons. The molecule has 0 spiro atoms. The van der Waals surface area contributed by atoms with E-state index in [1.807, 2.05) is 12.1 Å². The first-order valence-corrected chi connectivity index (χ1v) is 9.01. The monoisotopic (exact) mass is 386 g/mol. The van der Waals surface area contributed by atoms with E-state index in [1.54, 1.807) is 19.1 Å². The van der Waals surface area contributed by atoms with Gasteiger partial charge in [0.05, 0.1) is 0 Å². The number of hydrogen-bond donors (Lipinski definition) is 1. The Labute approximate surface area is 156 Å². The molecule has 0 saturated carbocycles. The van der Waals surface area contributed by atoms with Crippen molar-refractivity contribution in [2.24, 2.45) is 0 Å². The van der Waals surface area contributed by atoms with Crippen LogP contribution in [-0.4, -0.2) is 48.1 Å². The van der Waals surface area contributed by atoms with Gasteiger partial charge in [-0.15, -0.1) is 0 Å². The Balaban J connectivity index is 1.81. The molecule has 1 aromatic carbocycles. The molecule has 8 heteroatoms. The molecule has 1 atom stereocenters. The van der Waals surface area contributed by atoms with Gasteiger partial charge in [-0.3, -0.25) is 9.59 Å². The van der Waals surface area contributed by atoms with Crippen LogP contribution >= 0.6 is 0 Å². The van der Waals surface area contributed by atoms with Crippen molar-refractivity contribution < 1.29 is 27.5 Å². The zero-order chi connectivity index (χ0) is 20.2. The molecule has 5 nitrogen and oxygen atoms in total. The number of alkyl halides is 3.